The van der Waals surface area contributed by atoms with Crippen molar-refractivity contribution in [2.24, 2.45) is 11.7 Å². The Morgan fingerprint density at radius 2 is 1.84 bits per heavy atom. The molecule has 2 N–H and O–H groups in total. The van der Waals surface area contributed by atoms with E-state index < -0.39 is 0 Å². The van der Waals surface area contributed by atoms with Crippen molar-refractivity contribution in [3.63, 3.8) is 0 Å². The Balaban J connectivity index is 1.00. The summed E-state index contributed by atoms with van der Waals surface area (Å²) < 4.78 is 11.4. The number of likely N-dealkylation sites (tertiary alicyclic amines) is 1. The number of carbonyl (C=O) groups excluding carboxylic acids is 1. The Labute approximate surface area is 225 Å². The number of hydrogen-bond donors (Lipinski definition) is 1. The van der Waals surface area contributed by atoms with E-state index in [2.05, 4.69) is 43.8 Å². The van der Waals surface area contributed by atoms with Crippen molar-refractivity contribution in [1.29, 1.82) is 0 Å². The van der Waals surface area contributed by atoms with E-state index in [1.807, 2.05) is 4.90 Å². The molecule has 11 heteroatoms. The third-order valence-corrected chi connectivity index (χ3v) is 8.14. The zero-order chi connectivity index (χ0) is 26.5. The lowest BCUT2D eigenvalue weighted by molar-refractivity contribution is -0.136. The number of carbonyl (C=O) groups is 1. The molecule has 3 fully saturated rings. The molecule has 0 aromatic carbocycles. The summed E-state index contributed by atoms with van der Waals surface area (Å²) >= 11 is 0. The van der Waals surface area contributed by atoms with E-state index in [-0.39, 0.29) is 23.9 Å². The molecule has 0 spiro atoms. The van der Waals surface area contributed by atoms with Crippen LogP contribution >= 0.6 is 0 Å². The standard InChI is InChI=1S/C27H42N8O3/c1-19(2)25-31-27(38-32-25)33-12-8-20(9-13-33)6-5-15-37-21-16-29-26(30-17-21)34-14-10-23(22(28)18-34)35-11-4-3-7-24(35)36/h16-17,19-20,22-23H,3-15,18,28H2,1-2H3/t22-,23-/m1/s1. The van der Waals surface area contributed by atoms with E-state index in [9.17, 15) is 4.79 Å². The van der Waals surface area contributed by atoms with Crippen LogP contribution in [0.15, 0.2) is 16.9 Å². The Kier molecular flexibility index (Phi) is 8.61. The van der Waals surface area contributed by atoms with Crippen LogP contribution < -0.4 is 20.3 Å². The number of ether oxygens (including phenoxy) is 1. The Morgan fingerprint density at radius 3 is 2.53 bits per heavy atom. The van der Waals surface area contributed by atoms with E-state index in [1.165, 1.54) is 0 Å². The molecule has 0 unspecified atom stereocenters. The van der Waals surface area contributed by atoms with Crippen molar-refractivity contribution >= 4 is 17.9 Å². The molecular formula is C27H42N8O3. The van der Waals surface area contributed by atoms with E-state index in [4.69, 9.17) is 15.0 Å². The molecule has 3 saturated heterocycles. The third-order valence-electron chi connectivity index (χ3n) is 8.14. The number of piperidine rings is 3. The number of nitrogens with zero attached hydrogens (tertiary/aromatic N) is 7. The molecule has 3 aliphatic rings. The first-order valence-corrected chi connectivity index (χ1v) is 14.3. The summed E-state index contributed by atoms with van der Waals surface area (Å²) in [5, 5.41) is 4.08. The summed E-state index contributed by atoms with van der Waals surface area (Å²) in [6.45, 7) is 8.99. The maximum absolute atomic E-state index is 12.3. The molecule has 0 bridgehead atoms. The topological polar surface area (TPSA) is 127 Å². The number of anilines is 2. The lowest BCUT2D eigenvalue weighted by Crippen LogP contribution is -2.60. The van der Waals surface area contributed by atoms with Gasteiger partial charge in [0.1, 0.15) is 0 Å². The highest BCUT2D eigenvalue weighted by atomic mass is 16.5. The monoisotopic (exact) mass is 526 g/mol. The molecule has 0 saturated carbocycles. The Morgan fingerprint density at radius 1 is 1.08 bits per heavy atom. The van der Waals surface area contributed by atoms with Crippen LogP contribution in [-0.2, 0) is 4.79 Å². The number of nitrogens with two attached hydrogens (primary N) is 1. The van der Waals surface area contributed by atoms with Gasteiger partial charge in [0.2, 0.25) is 11.9 Å². The minimum Gasteiger partial charge on any atom is -0.490 e. The maximum Gasteiger partial charge on any atom is 0.324 e. The van der Waals surface area contributed by atoms with Gasteiger partial charge < -0.3 is 29.7 Å². The Hall–Kier alpha value is -2.95. The van der Waals surface area contributed by atoms with E-state index >= 15 is 0 Å². The van der Waals surface area contributed by atoms with Crippen LogP contribution in [0.2, 0.25) is 0 Å². The molecule has 2 atom stereocenters. The SMILES string of the molecule is CC(C)c1noc(N2CCC(CCCOc3cnc(N4CC[C@@H](N5CCCCC5=O)[C@H](N)C4)nc3)CC2)n1. The van der Waals surface area contributed by atoms with E-state index in [1.54, 1.807) is 12.4 Å². The lowest BCUT2D eigenvalue weighted by atomic mass is 9.92. The highest BCUT2D eigenvalue weighted by Gasteiger charge is 2.35. The molecule has 5 rings (SSSR count). The van der Waals surface area contributed by atoms with Gasteiger partial charge in [-0.2, -0.15) is 4.98 Å². The molecular weight excluding hydrogens is 484 g/mol. The van der Waals surface area contributed by atoms with Gasteiger partial charge >= 0.3 is 6.01 Å². The van der Waals surface area contributed by atoms with Crippen LogP contribution in [0, 0.1) is 5.92 Å². The van der Waals surface area contributed by atoms with Gasteiger partial charge in [-0.15, -0.1) is 0 Å². The molecule has 2 aromatic rings. The molecule has 11 nitrogen and oxygen atoms in total. The number of aromatic nitrogens is 4. The van der Waals surface area contributed by atoms with E-state index in [0.717, 1.165) is 76.9 Å². The summed E-state index contributed by atoms with van der Waals surface area (Å²) in [6.07, 6.45) is 11.5. The number of hydrogen-bond acceptors (Lipinski definition) is 10. The minimum absolute atomic E-state index is 0.0956. The third kappa shape index (κ3) is 6.36. The van der Waals surface area contributed by atoms with Gasteiger partial charge in [0.25, 0.3) is 0 Å². The second kappa shape index (κ2) is 12.3. The first-order chi connectivity index (χ1) is 18.5. The van der Waals surface area contributed by atoms with Crippen LogP contribution in [-0.4, -0.2) is 82.3 Å². The van der Waals surface area contributed by atoms with Gasteiger partial charge in [-0.3, -0.25) is 4.79 Å². The normalized spacial score (nSPS) is 23.4. The number of rotatable bonds is 9. The van der Waals surface area contributed by atoms with Gasteiger partial charge in [-0.1, -0.05) is 19.0 Å². The van der Waals surface area contributed by atoms with Crippen LogP contribution in [0.3, 0.4) is 0 Å². The predicted octanol–water partition coefficient (Wildman–Crippen LogP) is 2.98. The van der Waals surface area contributed by atoms with Crippen molar-refractivity contribution in [1.82, 2.24) is 25.0 Å². The first-order valence-electron chi connectivity index (χ1n) is 14.3. The predicted molar refractivity (Wildman–Crippen MR) is 144 cm³/mol. The first kappa shape index (κ1) is 26.6. The molecule has 3 aliphatic heterocycles. The Bertz CT molecular complexity index is 1040. The van der Waals surface area contributed by atoms with Crippen molar-refractivity contribution in [3.8, 4) is 5.75 Å². The second-order valence-corrected chi connectivity index (χ2v) is 11.2. The highest BCUT2D eigenvalue weighted by molar-refractivity contribution is 5.77. The molecule has 1 amide bonds. The van der Waals surface area contributed by atoms with Crippen LogP contribution in [0.4, 0.5) is 12.0 Å². The van der Waals surface area contributed by atoms with Gasteiger partial charge in [0, 0.05) is 51.1 Å². The smallest absolute Gasteiger partial charge is 0.324 e. The lowest BCUT2D eigenvalue weighted by Gasteiger charge is -2.43. The summed E-state index contributed by atoms with van der Waals surface area (Å²) in [4.78, 5) is 32.2. The van der Waals surface area contributed by atoms with Crippen molar-refractivity contribution < 1.29 is 14.1 Å². The summed E-state index contributed by atoms with van der Waals surface area (Å²) in [7, 11) is 0. The summed E-state index contributed by atoms with van der Waals surface area (Å²) in [5.74, 6) is 3.35. The fraction of sp³-hybridized carbons (Fsp3) is 0.741. The molecule has 0 aliphatic carbocycles. The van der Waals surface area contributed by atoms with Crippen LogP contribution in [0.5, 0.6) is 5.75 Å². The van der Waals surface area contributed by atoms with Crippen LogP contribution in [0.25, 0.3) is 0 Å². The maximum atomic E-state index is 12.3. The van der Waals surface area contributed by atoms with Crippen molar-refractivity contribution in [3.05, 3.63) is 18.2 Å². The molecule has 0 radical (unpaired) electrons. The highest BCUT2D eigenvalue weighted by Crippen LogP contribution is 2.27. The van der Waals surface area contributed by atoms with Gasteiger partial charge in [0.15, 0.2) is 11.6 Å². The fourth-order valence-electron chi connectivity index (χ4n) is 5.83. The van der Waals surface area contributed by atoms with Gasteiger partial charge in [-0.05, 0) is 50.9 Å². The van der Waals surface area contributed by atoms with Crippen molar-refractivity contribution in [2.45, 2.75) is 83.2 Å². The van der Waals surface area contributed by atoms with E-state index in [0.29, 0.717) is 43.2 Å². The quantitative estimate of drug-likeness (QED) is 0.487. The molecule has 2 aromatic heterocycles. The zero-order valence-corrected chi connectivity index (χ0v) is 22.8. The number of amides is 1. The van der Waals surface area contributed by atoms with Crippen molar-refractivity contribution in [2.75, 3.05) is 49.1 Å². The van der Waals surface area contributed by atoms with Gasteiger partial charge in [0.05, 0.1) is 25.0 Å². The summed E-state index contributed by atoms with van der Waals surface area (Å²) in [6, 6.07) is 0.676. The fourth-order valence-corrected chi connectivity index (χ4v) is 5.83. The second-order valence-electron chi connectivity index (χ2n) is 11.2. The molecule has 5 heterocycles. The summed E-state index contributed by atoms with van der Waals surface area (Å²) in [5.41, 5.74) is 6.49. The average molecular weight is 527 g/mol. The minimum atomic E-state index is -0.0956. The zero-order valence-electron chi connectivity index (χ0n) is 22.8. The average Bonchev–Trinajstić information content (AvgIpc) is 3.43. The van der Waals surface area contributed by atoms with Gasteiger partial charge in [-0.25, -0.2) is 9.97 Å². The largest absolute Gasteiger partial charge is 0.490 e. The molecule has 208 valence electrons. The molecule has 38 heavy (non-hydrogen) atoms. The van der Waals surface area contributed by atoms with Crippen LogP contribution in [0.1, 0.15) is 77.0 Å².